The van der Waals surface area contributed by atoms with Crippen LogP contribution in [0.2, 0.25) is 0 Å². The molecule has 6 heteroatoms. The first-order chi connectivity index (χ1) is 30.7. The molecule has 0 aliphatic carbocycles. The summed E-state index contributed by atoms with van der Waals surface area (Å²) < 4.78 is 13.0. The van der Waals surface area contributed by atoms with Gasteiger partial charge in [0.15, 0.2) is 34.2 Å². The third-order valence-electron chi connectivity index (χ3n) is 11.6. The largest absolute Gasteiger partial charge is 0.454 e. The van der Waals surface area contributed by atoms with Crippen LogP contribution in [0.15, 0.2) is 215 Å². The minimum Gasteiger partial charge on any atom is -0.454 e. The van der Waals surface area contributed by atoms with Crippen LogP contribution in [-0.2, 0) is 0 Å². The molecule has 0 N–H and O–H groups in total. The van der Waals surface area contributed by atoms with Gasteiger partial charge in [0, 0.05) is 38.6 Å². The van der Waals surface area contributed by atoms with E-state index >= 15 is 0 Å². The van der Waals surface area contributed by atoms with Gasteiger partial charge in [-0.15, -0.1) is 0 Å². The summed E-state index contributed by atoms with van der Waals surface area (Å²) in [5.41, 5.74) is 13.1. The van der Waals surface area contributed by atoms with Crippen molar-refractivity contribution < 1.29 is 8.83 Å². The van der Waals surface area contributed by atoms with Crippen molar-refractivity contribution in [1.29, 1.82) is 0 Å². The summed E-state index contributed by atoms with van der Waals surface area (Å²) in [4.78, 5) is 19.9. The molecule has 0 unspecified atom stereocenters. The van der Waals surface area contributed by atoms with Gasteiger partial charge in [0.05, 0.1) is 0 Å². The molecule has 290 valence electrons. The van der Waals surface area contributed by atoms with Crippen molar-refractivity contribution in [3.8, 4) is 79.0 Å². The number of furan rings is 1. The number of aromatic nitrogens is 4. The molecular formula is C56H34N4O2. The van der Waals surface area contributed by atoms with Crippen LogP contribution in [0.5, 0.6) is 0 Å². The molecule has 0 aliphatic rings. The number of hydrogen-bond donors (Lipinski definition) is 0. The van der Waals surface area contributed by atoms with Crippen LogP contribution in [0.3, 0.4) is 0 Å². The molecule has 3 heterocycles. The molecule has 9 aromatic carbocycles. The summed E-state index contributed by atoms with van der Waals surface area (Å²) in [5, 5.41) is 4.38. The lowest BCUT2D eigenvalue weighted by molar-refractivity contribution is 0.620. The smallest absolute Gasteiger partial charge is 0.227 e. The Hall–Kier alpha value is -8.48. The summed E-state index contributed by atoms with van der Waals surface area (Å²) in [5.74, 6) is 2.46. The van der Waals surface area contributed by atoms with Crippen LogP contribution < -0.4 is 0 Å². The zero-order chi connectivity index (χ0) is 41.0. The first-order valence-electron chi connectivity index (χ1n) is 20.6. The molecule has 3 aromatic heterocycles. The van der Waals surface area contributed by atoms with Crippen molar-refractivity contribution in [2.24, 2.45) is 0 Å². The highest BCUT2D eigenvalue weighted by atomic mass is 16.4. The van der Waals surface area contributed by atoms with E-state index < -0.39 is 0 Å². The Morgan fingerprint density at radius 1 is 0.274 bits per heavy atom. The van der Waals surface area contributed by atoms with E-state index in [1.807, 2.05) is 109 Å². The molecule has 0 amide bonds. The van der Waals surface area contributed by atoms with Gasteiger partial charge in [-0.2, -0.15) is 0 Å². The standard InChI is InChI=1S/C56H34N4O2/c1-4-15-37(16-5-1)53-58-54(38-17-6-2-7-18-38)60-55(59-53)41-22-14-21-40(33-41)43-32-31-42(44-23-10-11-24-45(43)44)35-27-29-36(30-28-35)47-34-48-46-25-12-13-26-49(46)61-52(48)50-51(47)62-56(57-50)39-19-8-3-9-20-39/h1-34H. The van der Waals surface area contributed by atoms with E-state index in [0.29, 0.717) is 34.5 Å². The van der Waals surface area contributed by atoms with Crippen molar-refractivity contribution >= 4 is 43.8 Å². The van der Waals surface area contributed by atoms with Gasteiger partial charge in [0.2, 0.25) is 5.89 Å². The normalized spacial score (nSPS) is 11.5. The Morgan fingerprint density at radius 3 is 1.39 bits per heavy atom. The van der Waals surface area contributed by atoms with Crippen molar-refractivity contribution in [2.45, 2.75) is 0 Å². The van der Waals surface area contributed by atoms with Crippen molar-refractivity contribution in [3.63, 3.8) is 0 Å². The molecule has 0 atom stereocenters. The second-order valence-corrected chi connectivity index (χ2v) is 15.4. The maximum Gasteiger partial charge on any atom is 0.227 e. The van der Waals surface area contributed by atoms with Crippen molar-refractivity contribution in [1.82, 2.24) is 19.9 Å². The third-order valence-corrected chi connectivity index (χ3v) is 11.6. The second kappa shape index (κ2) is 14.7. The van der Waals surface area contributed by atoms with Crippen LogP contribution in [0.25, 0.3) is 123 Å². The Bertz CT molecular complexity index is 3560. The van der Waals surface area contributed by atoms with E-state index in [9.17, 15) is 0 Å². The molecule has 0 fully saturated rings. The second-order valence-electron chi connectivity index (χ2n) is 15.4. The van der Waals surface area contributed by atoms with Crippen LogP contribution in [-0.4, -0.2) is 19.9 Å². The van der Waals surface area contributed by atoms with E-state index in [2.05, 4.69) is 97.1 Å². The number of hydrogen-bond acceptors (Lipinski definition) is 6. The average Bonchev–Trinajstić information content (AvgIpc) is 3.97. The van der Waals surface area contributed by atoms with Gasteiger partial charge in [-0.25, -0.2) is 19.9 Å². The highest BCUT2D eigenvalue weighted by molar-refractivity contribution is 6.17. The number of rotatable bonds is 7. The number of benzene rings is 9. The van der Waals surface area contributed by atoms with Crippen molar-refractivity contribution in [2.75, 3.05) is 0 Å². The Morgan fingerprint density at radius 2 is 0.758 bits per heavy atom. The zero-order valence-corrected chi connectivity index (χ0v) is 33.2. The van der Waals surface area contributed by atoms with E-state index in [0.717, 1.165) is 88.3 Å². The quantitative estimate of drug-likeness (QED) is 0.160. The molecule has 0 spiro atoms. The summed E-state index contributed by atoms with van der Waals surface area (Å²) in [7, 11) is 0. The molecular weight excluding hydrogens is 761 g/mol. The van der Waals surface area contributed by atoms with E-state index in [-0.39, 0.29) is 0 Å². The van der Waals surface area contributed by atoms with Gasteiger partial charge < -0.3 is 8.83 Å². The summed E-state index contributed by atoms with van der Waals surface area (Å²) >= 11 is 0. The summed E-state index contributed by atoms with van der Waals surface area (Å²) in [6.45, 7) is 0. The van der Waals surface area contributed by atoms with E-state index in [1.54, 1.807) is 0 Å². The summed E-state index contributed by atoms with van der Waals surface area (Å²) in [6.07, 6.45) is 0. The molecule has 0 bridgehead atoms. The molecule has 12 rings (SSSR count). The third kappa shape index (κ3) is 6.13. The fourth-order valence-corrected chi connectivity index (χ4v) is 8.57. The first kappa shape index (κ1) is 35.5. The molecule has 12 aromatic rings. The van der Waals surface area contributed by atoms with Crippen LogP contribution in [0.4, 0.5) is 0 Å². The lowest BCUT2D eigenvalue weighted by atomic mass is 9.91. The SMILES string of the molecule is c1ccc(-c2nc(-c3ccccc3)nc(-c3cccc(-c4ccc(-c5ccc(-c6cc7c8ccccc8oc7c7nc(-c8ccccc8)oc67)cc5)c5ccccc45)c3)n2)cc1. The minimum atomic E-state index is 0.561. The first-order valence-corrected chi connectivity index (χ1v) is 20.6. The van der Waals surface area contributed by atoms with Gasteiger partial charge in [0.1, 0.15) is 5.58 Å². The molecule has 6 nitrogen and oxygen atoms in total. The molecule has 0 saturated heterocycles. The Kier molecular flexibility index (Phi) is 8.38. The molecule has 0 aliphatic heterocycles. The van der Waals surface area contributed by atoms with Crippen LogP contribution in [0, 0.1) is 0 Å². The average molecular weight is 795 g/mol. The Balaban J connectivity index is 0.937. The fourth-order valence-electron chi connectivity index (χ4n) is 8.57. The number of para-hydroxylation sites is 1. The van der Waals surface area contributed by atoms with E-state index in [4.69, 9.17) is 28.8 Å². The van der Waals surface area contributed by atoms with Gasteiger partial charge >= 0.3 is 0 Å². The number of nitrogens with zero attached hydrogens (tertiary/aromatic N) is 4. The van der Waals surface area contributed by atoms with Crippen LogP contribution in [0.1, 0.15) is 0 Å². The van der Waals surface area contributed by atoms with Gasteiger partial charge in [-0.05, 0) is 68.9 Å². The minimum absolute atomic E-state index is 0.561. The molecule has 0 radical (unpaired) electrons. The predicted molar refractivity (Wildman–Crippen MR) is 250 cm³/mol. The number of fused-ring (bicyclic) bond motifs is 6. The maximum atomic E-state index is 6.58. The number of oxazole rings is 1. The predicted octanol–water partition coefficient (Wildman–Crippen LogP) is 14.7. The van der Waals surface area contributed by atoms with E-state index in [1.165, 1.54) is 0 Å². The van der Waals surface area contributed by atoms with Crippen LogP contribution >= 0.6 is 0 Å². The molecule has 62 heavy (non-hydrogen) atoms. The molecule has 0 saturated carbocycles. The van der Waals surface area contributed by atoms with Crippen molar-refractivity contribution in [3.05, 3.63) is 206 Å². The fraction of sp³-hybridized carbons (Fsp3) is 0. The monoisotopic (exact) mass is 794 g/mol. The highest BCUT2D eigenvalue weighted by Crippen LogP contribution is 2.43. The lowest BCUT2D eigenvalue weighted by Gasteiger charge is -2.14. The Labute approximate surface area is 356 Å². The summed E-state index contributed by atoms with van der Waals surface area (Å²) in [6, 6.07) is 70.8. The van der Waals surface area contributed by atoms with Gasteiger partial charge in [0.25, 0.3) is 0 Å². The highest BCUT2D eigenvalue weighted by Gasteiger charge is 2.21. The topological polar surface area (TPSA) is 77.8 Å². The lowest BCUT2D eigenvalue weighted by Crippen LogP contribution is -2.00. The van der Waals surface area contributed by atoms with Gasteiger partial charge in [-0.3, -0.25) is 0 Å². The van der Waals surface area contributed by atoms with Gasteiger partial charge in [-0.1, -0.05) is 176 Å². The maximum absolute atomic E-state index is 6.58. The zero-order valence-electron chi connectivity index (χ0n) is 33.2.